The van der Waals surface area contributed by atoms with E-state index < -0.39 is 12.0 Å². The molecule has 0 bridgehead atoms. The van der Waals surface area contributed by atoms with Gasteiger partial charge in [0.05, 0.1) is 11.4 Å². The van der Waals surface area contributed by atoms with Crippen LogP contribution in [0.1, 0.15) is 16.5 Å². The second-order valence-electron chi connectivity index (χ2n) is 4.59. The number of aliphatic hydroxyl groups is 1. The van der Waals surface area contributed by atoms with Gasteiger partial charge in [0.25, 0.3) is 5.91 Å². The van der Waals surface area contributed by atoms with E-state index in [1.54, 1.807) is 30.3 Å². The second-order valence-corrected chi connectivity index (χ2v) is 6.34. The molecule has 0 unspecified atom stereocenters. The number of halogens is 1. The van der Waals surface area contributed by atoms with Gasteiger partial charge < -0.3 is 20.3 Å². The number of carbonyl (C=O) groups excluding carboxylic acids is 1. The Morgan fingerprint density at radius 3 is 2.82 bits per heavy atom. The van der Waals surface area contributed by atoms with Crippen LogP contribution in [-0.4, -0.2) is 29.8 Å². The second kappa shape index (κ2) is 7.49. The summed E-state index contributed by atoms with van der Waals surface area (Å²) in [4.78, 5) is 12.4. The summed E-state index contributed by atoms with van der Waals surface area (Å²) in [6.45, 7) is 0.364. The smallest absolute Gasteiger partial charge is 0.254 e. The van der Waals surface area contributed by atoms with Gasteiger partial charge in [-0.2, -0.15) is 0 Å². The third-order valence-electron chi connectivity index (χ3n) is 3.07. The lowest BCUT2D eigenvalue weighted by Gasteiger charge is -2.10. The predicted octanol–water partition coefficient (Wildman–Crippen LogP) is 2.51. The van der Waals surface area contributed by atoms with Crippen molar-refractivity contribution in [3.63, 3.8) is 0 Å². The van der Waals surface area contributed by atoms with E-state index in [4.69, 9.17) is 16.3 Å². The Labute approximate surface area is 137 Å². The minimum atomic E-state index is -1.22. The van der Waals surface area contributed by atoms with Crippen molar-refractivity contribution >= 4 is 28.8 Å². The molecule has 7 heteroatoms. The highest BCUT2D eigenvalue weighted by molar-refractivity contribution is 7.16. The number of carbonyl (C=O) groups is 1. The maximum atomic E-state index is 11.9. The van der Waals surface area contributed by atoms with E-state index in [0.29, 0.717) is 27.9 Å². The van der Waals surface area contributed by atoms with E-state index in [2.05, 4.69) is 5.32 Å². The number of aliphatic hydroxyl groups excluding tert-OH is 1. The molecule has 0 aliphatic heterocycles. The number of methoxy groups -OCH3 is 1. The summed E-state index contributed by atoms with van der Waals surface area (Å²) < 4.78 is 5.55. The van der Waals surface area contributed by atoms with E-state index in [1.165, 1.54) is 18.4 Å². The largest absolute Gasteiger partial charge is 0.504 e. The molecule has 1 amide bonds. The molecule has 118 valence electrons. The van der Waals surface area contributed by atoms with Gasteiger partial charge in [-0.15, -0.1) is 11.3 Å². The quantitative estimate of drug-likeness (QED) is 0.754. The fourth-order valence-electron chi connectivity index (χ4n) is 1.91. The van der Waals surface area contributed by atoms with Crippen molar-refractivity contribution in [1.29, 1.82) is 0 Å². The molecule has 0 saturated carbocycles. The van der Waals surface area contributed by atoms with E-state index in [-0.39, 0.29) is 5.75 Å². The molecule has 1 aromatic carbocycles. The molecule has 0 aliphatic rings. The summed E-state index contributed by atoms with van der Waals surface area (Å²) in [5.74, 6) is -0.0124. The molecule has 3 N–H and O–H groups in total. The average molecular weight is 342 g/mol. The molecule has 1 heterocycles. The van der Waals surface area contributed by atoms with Crippen LogP contribution in [0.5, 0.6) is 11.5 Å². The minimum Gasteiger partial charge on any atom is -0.504 e. The number of nitrogens with one attached hydrogen (secondary N) is 1. The predicted molar refractivity (Wildman–Crippen MR) is 85.7 cm³/mol. The monoisotopic (exact) mass is 341 g/mol. The van der Waals surface area contributed by atoms with Crippen molar-refractivity contribution in [2.75, 3.05) is 13.7 Å². The summed E-state index contributed by atoms with van der Waals surface area (Å²) in [6.07, 6.45) is -0.660. The topological polar surface area (TPSA) is 78.8 Å². The fraction of sp³-hybridized carbons (Fsp3) is 0.267. The normalized spacial score (nSPS) is 12.0. The number of rotatable bonds is 6. The minimum absolute atomic E-state index is 0.0697. The van der Waals surface area contributed by atoms with Gasteiger partial charge >= 0.3 is 0 Å². The van der Waals surface area contributed by atoms with E-state index in [1.807, 2.05) is 0 Å². The zero-order valence-corrected chi connectivity index (χ0v) is 13.4. The van der Waals surface area contributed by atoms with Crippen molar-refractivity contribution in [2.45, 2.75) is 12.5 Å². The molecule has 0 saturated heterocycles. The van der Waals surface area contributed by atoms with Gasteiger partial charge in [0.1, 0.15) is 0 Å². The van der Waals surface area contributed by atoms with Gasteiger partial charge in [0, 0.05) is 11.4 Å². The summed E-state index contributed by atoms with van der Waals surface area (Å²) in [5.41, 5.74) is 0.906. The number of phenolic OH excluding ortho intramolecular Hbond substituents is 1. The van der Waals surface area contributed by atoms with Crippen molar-refractivity contribution in [3.05, 3.63) is 45.1 Å². The molecule has 0 spiro atoms. The van der Waals surface area contributed by atoms with Crippen LogP contribution in [0.4, 0.5) is 0 Å². The number of hydrogen-bond donors (Lipinski definition) is 3. The molecule has 2 rings (SSSR count). The van der Waals surface area contributed by atoms with Gasteiger partial charge in [-0.05, 0) is 36.2 Å². The Kier molecular flexibility index (Phi) is 5.65. The molecule has 1 atom stereocenters. The lowest BCUT2D eigenvalue weighted by atomic mass is 10.1. The van der Waals surface area contributed by atoms with Gasteiger partial charge in [-0.25, -0.2) is 0 Å². The molecular formula is C15H16ClNO4S. The van der Waals surface area contributed by atoms with E-state index >= 15 is 0 Å². The molecule has 22 heavy (non-hydrogen) atoms. The highest BCUT2D eigenvalue weighted by Gasteiger charge is 2.18. The Hall–Kier alpha value is -1.76. The van der Waals surface area contributed by atoms with Crippen LogP contribution < -0.4 is 10.1 Å². The maximum absolute atomic E-state index is 11.9. The Morgan fingerprint density at radius 2 is 2.18 bits per heavy atom. The van der Waals surface area contributed by atoms with Crippen LogP contribution in [0, 0.1) is 0 Å². The summed E-state index contributed by atoms with van der Waals surface area (Å²) in [7, 11) is 1.48. The van der Waals surface area contributed by atoms with Crippen molar-refractivity contribution in [2.24, 2.45) is 0 Å². The summed E-state index contributed by atoms with van der Waals surface area (Å²) in [6, 6.07) is 8.26. The summed E-state index contributed by atoms with van der Waals surface area (Å²) in [5, 5.41) is 22.1. The number of aromatic hydroxyl groups is 1. The molecule has 0 radical (unpaired) electrons. The molecule has 0 aliphatic carbocycles. The number of ether oxygens (including phenoxy) is 1. The first-order valence-electron chi connectivity index (χ1n) is 6.58. The average Bonchev–Trinajstić information content (AvgIpc) is 2.94. The van der Waals surface area contributed by atoms with E-state index in [0.717, 1.165) is 5.56 Å². The zero-order chi connectivity index (χ0) is 16.1. The van der Waals surface area contributed by atoms with Crippen LogP contribution in [0.15, 0.2) is 30.3 Å². The van der Waals surface area contributed by atoms with Crippen LogP contribution in [0.2, 0.25) is 4.34 Å². The number of benzene rings is 1. The molecular weight excluding hydrogens is 326 g/mol. The van der Waals surface area contributed by atoms with Gasteiger partial charge in [-0.3, -0.25) is 4.79 Å². The zero-order valence-electron chi connectivity index (χ0n) is 11.9. The molecule has 2 aromatic rings. The van der Waals surface area contributed by atoms with Crippen LogP contribution in [-0.2, 0) is 11.2 Å². The highest BCUT2D eigenvalue weighted by atomic mass is 35.5. The fourth-order valence-corrected chi connectivity index (χ4v) is 2.95. The van der Waals surface area contributed by atoms with Gasteiger partial charge in [0.15, 0.2) is 17.6 Å². The maximum Gasteiger partial charge on any atom is 0.254 e. The van der Waals surface area contributed by atoms with Gasteiger partial charge in [-0.1, -0.05) is 17.7 Å². The third kappa shape index (κ3) is 4.13. The Balaban J connectivity index is 1.86. The first-order valence-corrected chi connectivity index (χ1v) is 7.77. The van der Waals surface area contributed by atoms with Crippen LogP contribution in [0.3, 0.4) is 0 Å². The van der Waals surface area contributed by atoms with E-state index in [9.17, 15) is 15.0 Å². The first-order chi connectivity index (χ1) is 10.5. The number of amides is 1. The highest BCUT2D eigenvalue weighted by Crippen LogP contribution is 2.27. The first kappa shape index (κ1) is 16.6. The molecule has 1 aromatic heterocycles. The van der Waals surface area contributed by atoms with Crippen LogP contribution >= 0.6 is 22.9 Å². The molecule has 5 nitrogen and oxygen atoms in total. The van der Waals surface area contributed by atoms with Crippen molar-refractivity contribution in [3.8, 4) is 11.5 Å². The standard InChI is InChI=1S/C15H16ClNO4S/c1-21-11-8-9(2-3-10(11)18)6-7-17-15(20)14(19)12-4-5-13(16)22-12/h2-5,8,14,18-19H,6-7H2,1H3,(H,17,20)/t14-/m0/s1. The van der Waals surface area contributed by atoms with Crippen LogP contribution in [0.25, 0.3) is 0 Å². The van der Waals surface area contributed by atoms with Crippen molar-refractivity contribution in [1.82, 2.24) is 5.32 Å². The lowest BCUT2D eigenvalue weighted by molar-refractivity contribution is -0.129. The van der Waals surface area contributed by atoms with Crippen molar-refractivity contribution < 1.29 is 19.7 Å². The number of hydrogen-bond acceptors (Lipinski definition) is 5. The van der Waals surface area contributed by atoms with Gasteiger partial charge in [0.2, 0.25) is 0 Å². The summed E-state index contributed by atoms with van der Waals surface area (Å²) >= 11 is 6.95. The molecule has 0 fully saturated rings. The SMILES string of the molecule is COc1cc(CCNC(=O)[C@@H](O)c2ccc(Cl)s2)ccc1O. The number of phenols is 1. The lowest BCUT2D eigenvalue weighted by Crippen LogP contribution is -2.30. The Morgan fingerprint density at radius 1 is 1.41 bits per heavy atom. The third-order valence-corrected chi connectivity index (χ3v) is 4.35. The Bertz CT molecular complexity index is 659. The number of thiophene rings is 1.